The van der Waals surface area contributed by atoms with Crippen LogP contribution in [-0.2, 0) is 64.5 Å². The Balaban J connectivity index is 1.25. The van der Waals surface area contributed by atoms with Crippen LogP contribution in [0.3, 0.4) is 0 Å². The van der Waals surface area contributed by atoms with Gasteiger partial charge in [0.2, 0.25) is 11.8 Å². The summed E-state index contributed by atoms with van der Waals surface area (Å²) in [7, 11) is -8.64. The molecule has 0 radical (unpaired) electrons. The third kappa shape index (κ3) is 13.5. The summed E-state index contributed by atoms with van der Waals surface area (Å²) in [6.45, 7) is 15.8. The molecule has 16 nitrogen and oxygen atoms in total. The van der Waals surface area contributed by atoms with Crippen molar-refractivity contribution >= 4 is 49.8 Å². The molecule has 2 aromatic carbocycles. The molecule has 6 rings (SSSR count). The van der Waals surface area contributed by atoms with Gasteiger partial charge in [0.05, 0.1) is 29.9 Å². The van der Waals surface area contributed by atoms with Crippen molar-refractivity contribution in [3.8, 4) is 0 Å². The van der Waals surface area contributed by atoms with Gasteiger partial charge >= 0.3 is 11.9 Å². The lowest BCUT2D eigenvalue weighted by atomic mass is 9.42. The maximum Gasteiger partial charge on any atom is 0.306 e. The highest BCUT2D eigenvalue weighted by Crippen LogP contribution is 2.68. The van der Waals surface area contributed by atoms with Gasteiger partial charge in [0.1, 0.15) is 18.0 Å². The lowest BCUT2D eigenvalue weighted by Gasteiger charge is -2.65. The highest BCUT2D eigenvalue weighted by atomic mass is 32.2. The monoisotopic (exact) mass is 1030 g/mol. The molecule has 0 spiro atoms. The number of benzene rings is 2. The summed E-state index contributed by atoms with van der Waals surface area (Å²) in [5, 5.41) is 18.1. The van der Waals surface area contributed by atoms with Crippen molar-refractivity contribution in [2.24, 2.45) is 28.6 Å². The fraction of sp³-hybridized carbons (Fsp3) is 0.679. The summed E-state index contributed by atoms with van der Waals surface area (Å²) in [5.41, 5.74) is 0.500. The molecule has 0 aliphatic heterocycles. The van der Waals surface area contributed by atoms with Crippen LogP contribution >= 0.6 is 0 Å². The number of nitrogens with one attached hydrogen (secondary N) is 2. The first-order valence-corrected chi connectivity index (χ1v) is 28.3. The van der Waals surface area contributed by atoms with Gasteiger partial charge in [0.15, 0.2) is 0 Å². The molecule has 5 N–H and O–H groups in total. The van der Waals surface area contributed by atoms with E-state index in [1.165, 1.54) is 0 Å². The maximum absolute atomic E-state index is 14.5. The number of ether oxygens (including phenoxy) is 2. The van der Waals surface area contributed by atoms with E-state index in [1.54, 1.807) is 0 Å². The van der Waals surface area contributed by atoms with Gasteiger partial charge in [-0.05, 0) is 89.9 Å². The van der Waals surface area contributed by atoms with Gasteiger partial charge in [-0.15, -0.1) is 0 Å². The Bertz CT molecular complexity index is 2520. The first kappa shape index (κ1) is 56.1. The molecule has 3 unspecified atom stereocenters. The molecule has 0 bridgehead atoms. The van der Waals surface area contributed by atoms with Crippen molar-refractivity contribution in [2.75, 3.05) is 24.6 Å². The summed E-state index contributed by atoms with van der Waals surface area (Å²) in [5.74, 6) is -5.65. The van der Waals surface area contributed by atoms with E-state index in [9.17, 15) is 55.0 Å². The molecular weight excluding hydrogens is 953 g/mol. The lowest BCUT2D eigenvalue weighted by Crippen LogP contribution is -2.69. The molecule has 4 fully saturated rings. The zero-order valence-electron chi connectivity index (χ0n) is 42.6. The molecule has 71 heavy (non-hydrogen) atoms. The van der Waals surface area contributed by atoms with Crippen molar-refractivity contribution < 1.29 is 64.5 Å². The van der Waals surface area contributed by atoms with Crippen LogP contribution in [0.4, 0.5) is 0 Å². The van der Waals surface area contributed by atoms with E-state index in [0.717, 1.165) is 11.1 Å². The number of amides is 2. The summed E-state index contributed by atoms with van der Waals surface area (Å²) < 4.78 is 76.6. The maximum atomic E-state index is 14.5. The average molecular weight is 1030 g/mol. The third-order valence-electron chi connectivity index (χ3n) is 16.6. The average Bonchev–Trinajstić information content (AvgIpc) is 3.56. The molecule has 0 saturated heterocycles. The van der Waals surface area contributed by atoms with Gasteiger partial charge in [0.25, 0.3) is 20.2 Å². The van der Waals surface area contributed by atoms with Crippen LogP contribution in [0.25, 0.3) is 0 Å². The second-order valence-corrected chi connectivity index (χ2v) is 26.6. The highest BCUT2D eigenvalue weighted by molar-refractivity contribution is 7.86. The van der Waals surface area contributed by atoms with E-state index in [4.69, 9.17) is 9.47 Å². The molecule has 4 aliphatic carbocycles. The summed E-state index contributed by atoms with van der Waals surface area (Å²) in [4.78, 5) is 68.3. The fourth-order valence-electron chi connectivity index (χ4n) is 12.4. The van der Waals surface area contributed by atoms with Gasteiger partial charge in [0, 0.05) is 60.9 Å². The van der Waals surface area contributed by atoms with Crippen LogP contribution in [0.5, 0.6) is 0 Å². The summed E-state index contributed by atoms with van der Waals surface area (Å²) in [6.07, 6.45) is 1.15. The number of rotatable bonds is 18. The van der Waals surface area contributed by atoms with Crippen LogP contribution in [0.15, 0.2) is 48.5 Å². The minimum absolute atomic E-state index is 0.136. The Morgan fingerprint density at radius 3 is 1.56 bits per heavy atom. The zero-order chi connectivity index (χ0) is 52.5. The number of carbonyl (C=O) groups excluding carboxylic acids is 5. The number of esters is 2. The molecule has 4 saturated carbocycles. The Hall–Kier alpha value is -4.23. The lowest BCUT2D eigenvalue weighted by molar-refractivity contribution is -0.265. The molecule has 10 atom stereocenters. The Morgan fingerprint density at radius 1 is 0.648 bits per heavy atom. The van der Waals surface area contributed by atoms with Crippen LogP contribution in [-0.4, -0.2) is 103 Å². The Kier molecular flexibility index (Phi) is 16.8. The second kappa shape index (κ2) is 21.3. The molecule has 4 aliphatic rings. The van der Waals surface area contributed by atoms with E-state index >= 15 is 0 Å². The first-order valence-electron chi connectivity index (χ1n) is 25.1. The molecule has 18 heteroatoms. The smallest absolute Gasteiger partial charge is 0.306 e. The second-order valence-electron chi connectivity index (χ2n) is 23.4. The molecule has 0 aromatic heterocycles. The van der Waals surface area contributed by atoms with Gasteiger partial charge in [-0.25, -0.2) is 0 Å². The van der Waals surface area contributed by atoms with Gasteiger partial charge in [-0.3, -0.25) is 33.1 Å². The number of hydrogen-bond donors (Lipinski definition) is 5. The van der Waals surface area contributed by atoms with Crippen LogP contribution in [0, 0.1) is 28.6 Å². The number of Topliss-reactive ketones (excluding diaryl/α,β-unsaturated/α-hetero) is 1. The number of fused-ring (bicyclic) bond motifs is 5. The van der Waals surface area contributed by atoms with Gasteiger partial charge in [-0.2, -0.15) is 16.8 Å². The fourth-order valence-corrected chi connectivity index (χ4v) is 13.1. The highest BCUT2D eigenvalue weighted by Gasteiger charge is 2.69. The van der Waals surface area contributed by atoms with Crippen molar-refractivity contribution in [3.05, 3.63) is 70.8 Å². The number of aliphatic hydroxyl groups is 1. The van der Waals surface area contributed by atoms with Crippen LogP contribution < -0.4 is 10.6 Å². The standard InChI is InChI=1S/C53H76N2O14S2/c1-49(2,3)37-13-9-33(10-14-37)35(27-45(57)54-23-25-70(62,63)64)29-47(59)68-39-19-20-52(8)42(31-39)43(32-41-40-17-18-44(56)51(40,7)21-22-53(41,52)61)69-48(60)30-36(28-46(58)55-24-26-71(65,66)67)34-11-15-38(16-12-34)50(4,5)6/h9-16,35-36,39-43,61H,17-32H2,1-8H3,(H,54,57)(H,55,58)(H,62,63,64)(H,65,66,67)/t35?,36?,39-,40-,41-,42?,43-,51-,52-,53+/m0/s1. The van der Waals surface area contributed by atoms with Gasteiger partial charge < -0.3 is 25.2 Å². The predicted molar refractivity (Wildman–Crippen MR) is 266 cm³/mol. The van der Waals surface area contributed by atoms with E-state index in [0.29, 0.717) is 49.7 Å². The topological polar surface area (TPSA) is 257 Å². The predicted octanol–water partition coefficient (Wildman–Crippen LogP) is 6.88. The van der Waals surface area contributed by atoms with Crippen molar-refractivity contribution in [3.63, 3.8) is 0 Å². The minimum atomic E-state index is -4.33. The number of ketones is 1. The zero-order valence-corrected chi connectivity index (χ0v) is 44.3. The molecule has 0 heterocycles. The quantitative estimate of drug-likeness (QED) is 0.0754. The largest absolute Gasteiger partial charge is 0.462 e. The van der Waals surface area contributed by atoms with Crippen molar-refractivity contribution in [1.82, 2.24) is 10.6 Å². The van der Waals surface area contributed by atoms with E-state index in [1.807, 2.05) is 62.4 Å². The van der Waals surface area contributed by atoms with E-state index < -0.39 is 102 Å². The van der Waals surface area contributed by atoms with Crippen LogP contribution in [0.1, 0.15) is 167 Å². The molecule has 2 aromatic rings. The molecular formula is C53H76N2O14S2. The SMILES string of the molecule is CC(C)(C)c1ccc(C(CC(=O)NCCS(=O)(=O)O)CC(=O)O[C@H]2CC[C@@]3(C)C(C2)[C@@H](OC(=O)CC(CC(=O)NCCS(=O)(=O)O)c2ccc(C(C)(C)C)cc2)C[C@H]2[C@@H]4CCC(=O)[C@@]4(C)CC[C@@]23O)cc1. The normalized spacial score (nSPS) is 28.6. The Labute approximate surface area is 420 Å². The number of hydrogen-bond acceptors (Lipinski definition) is 12. The van der Waals surface area contributed by atoms with Gasteiger partial charge in [-0.1, -0.05) is 104 Å². The minimum Gasteiger partial charge on any atom is -0.462 e. The van der Waals surface area contributed by atoms with E-state index in [2.05, 4.69) is 52.2 Å². The Morgan fingerprint density at radius 2 is 1.11 bits per heavy atom. The number of carbonyl (C=O) groups is 5. The molecule has 394 valence electrons. The third-order valence-corrected chi connectivity index (χ3v) is 18.1. The van der Waals surface area contributed by atoms with Crippen LogP contribution in [0.2, 0.25) is 0 Å². The summed E-state index contributed by atoms with van der Waals surface area (Å²) in [6, 6.07) is 15.2. The van der Waals surface area contributed by atoms with Crippen molar-refractivity contribution in [1.29, 1.82) is 0 Å². The first-order chi connectivity index (χ1) is 32.8. The van der Waals surface area contributed by atoms with Crippen molar-refractivity contribution in [2.45, 2.75) is 173 Å². The van der Waals surface area contributed by atoms with E-state index in [-0.39, 0.29) is 80.1 Å². The summed E-state index contributed by atoms with van der Waals surface area (Å²) >= 11 is 0. The molecule has 2 amide bonds.